The maximum atomic E-state index is 13.7. The van der Waals surface area contributed by atoms with Crippen LogP contribution < -0.4 is 4.90 Å². The van der Waals surface area contributed by atoms with Crippen molar-refractivity contribution >= 4 is 22.7 Å². The van der Waals surface area contributed by atoms with Gasteiger partial charge in [0.15, 0.2) is 0 Å². The second kappa shape index (κ2) is 6.08. The lowest BCUT2D eigenvalue weighted by atomic mass is 9.60. The normalized spacial score (nSPS) is 18.9. The number of carbonyl (C=O) groups excluding carboxylic acids is 1. The van der Waals surface area contributed by atoms with Crippen molar-refractivity contribution in [2.45, 2.75) is 45.3 Å². The number of fused-ring (bicyclic) bond motifs is 1. The van der Waals surface area contributed by atoms with Gasteiger partial charge in [-0.05, 0) is 57.9 Å². The van der Waals surface area contributed by atoms with Crippen LogP contribution in [0.1, 0.15) is 33.6 Å². The lowest BCUT2D eigenvalue weighted by Gasteiger charge is -2.60. The van der Waals surface area contributed by atoms with Crippen LogP contribution in [0.2, 0.25) is 0 Å². The Bertz CT molecular complexity index is 879. The van der Waals surface area contributed by atoms with Crippen molar-refractivity contribution in [1.29, 1.82) is 0 Å². The van der Waals surface area contributed by atoms with E-state index in [1.165, 1.54) is 6.07 Å². The fourth-order valence-corrected chi connectivity index (χ4v) is 4.30. The van der Waals surface area contributed by atoms with E-state index in [0.717, 1.165) is 42.5 Å². The number of nitrogens with zero attached hydrogens (tertiary/aromatic N) is 3. The lowest BCUT2D eigenvalue weighted by molar-refractivity contribution is -0.0774. The van der Waals surface area contributed by atoms with Gasteiger partial charge in [0.25, 0.3) is 0 Å². The minimum Gasteiger partial charge on any atom is -0.444 e. The van der Waals surface area contributed by atoms with Gasteiger partial charge >= 0.3 is 6.09 Å². The van der Waals surface area contributed by atoms with E-state index in [1.54, 1.807) is 23.2 Å². The van der Waals surface area contributed by atoms with Crippen LogP contribution >= 0.6 is 0 Å². The Kier molecular flexibility index (Phi) is 4.05. The van der Waals surface area contributed by atoms with Crippen LogP contribution in [0, 0.1) is 11.2 Å². The zero-order valence-electron chi connectivity index (χ0n) is 16.3. The Hall–Kier alpha value is -2.37. The topological polar surface area (TPSA) is 45.7 Å². The highest BCUT2D eigenvalue weighted by Crippen LogP contribution is 2.51. The number of pyridine rings is 1. The number of anilines is 1. The minimum atomic E-state index is -0.458. The molecule has 1 aromatic heterocycles. The third-order valence-electron chi connectivity index (χ3n) is 5.65. The number of benzene rings is 1. The van der Waals surface area contributed by atoms with E-state index in [9.17, 15) is 9.18 Å². The number of hydrogen-bond donors (Lipinski definition) is 0. The molecule has 1 aliphatic heterocycles. The number of likely N-dealkylation sites (tertiary alicyclic amines) is 1. The molecule has 1 aromatic carbocycles. The van der Waals surface area contributed by atoms with Gasteiger partial charge in [0, 0.05) is 48.9 Å². The zero-order valence-corrected chi connectivity index (χ0v) is 16.3. The van der Waals surface area contributed by atoms with E-state index >= 15 is 0 Å². The molecule has 0 radical (unpaired) electrons. The number of carbonyl (C=O) groups is 1. The molecular weight excluding hydrogens is 345 g/mol. The first kappa shape index (κ1) is 18.0. The van der Waals surface area contributed by atoms with E-state index in [-0.39, 0.29) is 17.3 Å². The van der Waals surface area contributed by atoms with Gasteiger partial charge < -0.3 is 14.5 Å². The van der Waals surface area contributed by atoms with E-state index in [0.29, 0.717) is 6.04 Å². The summed E-state index contributed by atoms with van der Waals surface area (Å²) in [7, 11) is 2.06. The molecule has 0 N–H and O–H groups in total. The average molecular weight is 371 g/mol. The predicted molar refractivity (Wildman–Crippen MR) is 103 cm³/mol. The summed E-state index contributed by atoms with van der Waals surface area (Å²) in [6.07, 6.45) is 3.61. The van der Waals surface area contributed by atoms with E-state index < -0.39 is 5.60 Å². The first-order chi connectivity index (χ1) is 12.7. The largest absolute Gasteiger partial charge is 0.444 e. The average Bonchev–Trinajstić information content (AvgIpc) is 2.49. The molecule has 27 heavy (non-hydrogen) atoms. The first-order valence-corrected chi connectivity index (χ1v) is 9.41. The van der Waals surface area contributed by atoms with Crippen molar-refractivity contribution in [2.75, 3.05) is 25.0 Å². The zero-order chi connectivity index (χ0) is 19.4. The Morgan fingerprint density at radius 3 is 2.67 bits per heavy atom. The number of halogens is 1. The molecule has 1 saturated heterocycles. The van der Waals surface area contributed by atoms with Crippen LogP contribution in [0.5, 0.6) is 0 Å². The number of aromatic nitrogens is 1. The minimum absolute atomic E-state index is 0.212. The molecule has 1 saturated carbocycles. The molecule has 1 aliphatic carbocycles. The second-order valence-corrected chi connectivity index (χ2v) is 9.00. The van der Waals surface area contributed by atoms with Gasteiger partial charge in [-0.3, -0.25) is 4.98 Å². The molecule has 2 aromatic rings. The van der Waals surface area contributed by atoms with Crippen LogP contribution in [0.25, 0.3) is 10.9 Å². The molecule has 1 spiro atoms. The van der Waals surface area contributed by atoms with Crippen molar-refractivity contribution in [2.24, 2.45) is 5.41 Å². The van der Waals surface area contributed by atoms with E-state index in [1.807, 2.05) is 26.8 Å². The summed E-state index contributed by atoms with van der Waals surface area (Å²) >= 11 is 0. The molecule has 144 valence electrons. The Morgan fingerprint density at radius 2 is 2.00 bits per heavy atom. The van der Waals surface area contributed by atoms with Gasteiger partial charge in [-0.15, -0.1) is 0 Å². The summed E-state index contributed by atoms with van der Waals surface area (Å²) in [4.78, 5) is 20.5. The van der Waals surface area contributed by atoms with Crippen LogP contribution in [0.3, 0.4) is 0 Å². The molecule has 1 amide bonds. The van der Waals surface area contributed by atoms with Crippen LogP contribution in [0.15, 0.2) is 30.5 Å². The monoisotopic (exact) mass is 371 g/mol. The first-order valence-electron chi connectivity index (χ1n) is 9.41. The molecule has 0 unspecified atom stereocenters. The summed E-state index contributed by atoms with van der Waals surface area (Å²) < 4.78 is 19.1. The Balaban J connectivity index is 1.40. The van der Waals surface area contributed by atoms with Crippen molar-refractivity contribution in [3.8, 4) is 0 Å². The Morgan fingerprint density at radius 1 is 1.30 bits per heavy atom. The van der Waals surface area contributed by atoms with Crippen molar-refractivity contribution in [1.82, 2.24) is 9.88 Å². The van der Waals surface area contributed by atoms with E-state index in [2.05, 4.69) is 16.9 Å². The van der Waals surface area contributed by atoms with Crippen molar-refractivity contribution in [3.63, 3.8) is 0 Å². The molecule has 0 bridgehead atoms. The van der Waals surface area contributed by atoms with E-state index in [4.69, 9.17) is 4.74 Å². The van der Waals surface area contributed by atoms with Gasteiger partial charge in [0.1, 0.15) is 11.4 Å². The quantitative estimate of drug-likeness (QED) is 0.793. The number of amides is 1. The van der Waals surface area contributed by atoms with Gasteiger partial charge in [-0.1, -0.05) is 0 Å². The summed E-state index contributed by atoms with van der Waals surface area (Å²) in [6.45, 7) is 7.18. The Labute approximate surface area is 159 Å². The third-order valence-corrected chi connectivity index (χ3v) is 5.65. The fraction of sp³-hybridized carbons (Fsp3) is 0.524. The second-order valence-electron chi connectivity index (χ2n) is 9.00. The van der Waals surface area contributed by atoms with Gasteiger partial charge in [0.05, 0.1) is 5.52 Å². The highest BCUT2D eigenvalue weighted by Gasteiger charge is 2.55. The third kappa shape index (κ3) is 3.33. The predicted octanol–water partition coefficient (Wildman–Crippen LogP) is 4.21. The molecular formula is C21H26FN3O2. The number of hydrogen-bond acceptors (Lipinski definition) is 4. The molecule has 2 aliphatic rings. The van der Waals surface area contributed by atoms with Gasteiger partial charge in [-0.25, -0.2) is 9.18 Å². The summed E-state index contributed by atoms with van der Waals surface area (Å²) in [5.74, 6) is -0.248. The smallest absolute Gasteiger partial charge is 0.410 e. The summed E-state index contributed by atoms with van der Waals surface area (Å²) in [6, 6.07) is 7.04. The maximum Gasteiger partial charge on any atom is 0.410 e. The summed E-state index contributed by atoms with van der Waals surface area (Å²) in [5.41, 5.74) is 1.56. The number of rotatable bonds is 2. The lowest BCUT2D eigenvalue weighted by Crippen LogP contribution is -2.67. The highest BCUT2D eigenvalue weighted by atomic mass is 19.1. The van der Waals surface area contributed by atoms with Crippen LogP contribution in [-0.4, -0.2) is 47.8 Å². The van der Waals surface area contributed by atoms with Crippen LogP contribution in [-0.2, 0) is 4.74 Å². The fourth-order valence-electron chi connectivity index (χ4n) is 4.30. The molecule has 4 rings (SSSR count). The van der Waals surface area contributed by atoms with Crippen LogP contribution in [0.4, 0.5) is 14.9 Å². The SMILES string of the molecule is CN(c1ccnc2ccc(F)cc12)C1CC2(C1)CN(C(=O)OC(C)(C)C)C2. The maximum absolute atomic E-state index is 13.7. The molecule has 0 atom stereocenters. The summed E-state index contributed by atoms with van der Waals surface area (Å²) in [5, 5.41) is 0.838. The van der Waals surface area contributed by atoms with Crippen molar-refractivity contribution in [3.05, 3.63) is 36.3 Å². The van der Waals surface area contributed by atoms with Crippen molar-refractivity contribution < 1.29 is 13.9 Å². The molecule has 6 heteroatoms. The molecule has 5 nitrogen and oxygen atoms in total. The standard InChI is InChI=1S/C21H26FN3O2/c1-20(2,3)27-19(26)25-12-21(13-25)10-15(11-21)24(4)18-7-8-23-17-6-5-14(22)9-16(17)18/h5-9,15H,10-13H2,1-4H3. The number of ether oxygens (including phenoxy) is 1. The molecule has 2 heterocycles. The van der Waals surface area contributed by atoms with Gasteiger partial charge in [-0.2, -0.15) is 0 Å². The van der Waals surface area contributed by atoms with Gasteiger partial charge in [0.2, 0.25) is 0 Å². The molecule has 2 fully saturated rings. The highest BCUT2D eigenvalue weighted by molar-refractivity contribution is 5.91.